The van der Waals surface area contributed by atoms with E-state index in [0.717, 1.165) is 38.9 Å². The van der Waals surface area contributed by atoms with Gasteiger partial charge < -0.3 is 10.2 Å². The van der Waals surface area contributed by atoms with Gasteiger partial charge >= 0.3 is 6.18 Å². The highest BCUT2D eigenvalue weighted by Crippen LogP contribution is 2.22. The molecule has 1 saturated heterocycles. The molecule has 1 fully saturated rings. The first-order chi connectivity index (χ1) is 7.90. The minimum Gasteiger partial charge on any atom is -0.311 e. The highest BCUT2D eigenvalue weighted by Gasteiger charge is 2.30. The Morgan fingerprint density at radius 3 is 2.59 bits per heavy atom. The van der Waals surface area contributed by atoms with Crippen LogP contribution in [0.25, 0.3) is 0 Å². The van der Waals surface area contributed by atoms with Crippen molar-refractivity contribution < 1.29 is 13.2 Å². The lowest BCUT2D eigenvalue weighted by atomic mass is 10.1. The van der Waals surface area contributed by atoms with E-state index in [-0.39, 0.29) is 6.04 Å². The van der Waals surface area contributed by atoms with Gasteiger partial charge in [0.2, 0.25) is 0 Å². The van der Waals surface area contributed by atoms with E-state index in [1.807, 2.05) is 0 Å². The molecule has 2 atom stereocenters. The van der Waals surface area contributed by atoms with Crippen LogP contribution in [0.1, 0.15) is 39.5 Å². The largest absolute Gasteiger partial charge is 0.390 e. The van der Waals surface area contributed by atoms with E-state index in [1.165, 1.54) is 0 Å². The molecule has 0 aromatic heterocycles. The van der Waals surface area contributed by atoms with Crippen LogP contribution in [0.15, 0.2) is 0 Å². The number of nitrogens with zero attached hydrogens (tertiary/aromatic N) is 1. The van der Waals surface area contributed by atoms with Crippen molar-refractivity contribution in [1.82, 2.24) is 10.2 Å². The Kier molecular flexibility index (Phi) is 5.73. The summed E-state index contributed by atoms with van der Waals surface area (Å²) in [5, 5.41) is 3.11. The summed E-state index contributed by atoms with van der Waals surface area (Å²) in [6.07, 6.45) is -1.79. The molecule has 0 radical (unpaired) electrons. The molecule has 0 spiro atoms. The molecule has 1 rings (SSSR count). The van der Waals surface area contributed by atoms with Crippen molar-refractivity contribution in [3.63, 3.8) is 0 Å². The van der Waals surface area contributed by atoms with Crippen LogP contribution in [0, 0.1) is 0 Å². The second kappa shape index (κ2) is 6.59. The third-order valence-electron chi connectivity index (χ3n) is 3.33. The number of hydrogen-bond donors (Lipinski definition) is 1. The van der Waals surface area contributed by atoms with Crippen LogP contribution in [0.5, 0.6) is 0 Å². The van der Waals surface area contributed by atoms with Crippen molar-refractivity contribution in [3.05, 3.63) is 0 Å². The number of hydrogen-bond acceptors (Lipinski definition) is 2. The van der Waals surface area contributed by atoms with Gasteiger partial charge in [-0.3, -0.25) is 0 Å². The van der Waals surface area contributed by atoms with Gasteiger partial charge in [-0.2, -0.15) is 13.2 Å². The Morgan fingerprint density at radius 2 is 2.00 bits per heavy atom. The number of nitrogens with one attached hydrogen (secondary N) is 1. The van der Waals surface area contributed by atoms with Crippen molar-refractivity contribution in [2.24, 2.45) is 0 Å². The molecule has 0 aromatic carbocycles. The molecular weight excluding hydrogens is 229 g/mol. The molecule has 1 aliphatic rings. The summed E-state index contributed by atoms with van der Waals surface area (Å²) >= 11 is 0. The average molecular weight is 252 g/mol. The van der Waals surface area contributed by atoms with Gasteiger partial charge in [0, 0.05) is 12.1 Å². The van der Waals surface area contributed by atoms with Crippen molar-refractivity contribution in [3.8, 4) is 0 Å². The van der Waals surface area contributed by atoms with Crippen molar-refractivity contribution >= 4 is 0 Å². The van der Waals surface area contributed by atoms with Crippen LogP contribution in [-0.4, -0.2) is 42.8 Å². The maximum atomic E-state index is 12.2. The number of rotatable bonds is 4. The fraction of sp³-hybridized carbons (Fsp3) is 1.00. The van der Waals surface area contributed by atoms with Gasteiger partial charge in [0.15, 0.2) is 0 Å². The lowest BCUT2D eigenvalue weighted by Crippen LogP contribution is -2.39. The lowest BCUT2D eigenvalue weighted by Gasteiger charge is -2.23. The van der Waals surface area contributed by atoms with Gasteiger partial charge in [-0.1, -0.05) is 6.92 Å². The summed E-state index contributed by atoms with van der Waals surface area (Å²) < 4.78 is 36.6. The summed E-state index contributed by atoms with van der Waals surface area (Å²) in [5.74, 6) is 0. The summed E-state index contributed by atoms with van der Waals surface area (Å²) in [5.41, 5.74) is 0. The highest BCUT2D eigenvalue weighted by molar-refractivity contribution is 4.78. The predicted molar refractivity (Wildman–Crippen MR) is 63.0 cm³/mol. The summed E-state index contributed by atoms with van der Waals surface area (Å²) in [6.45, 7) is 6.84. The molecule has 102 valence electrons. The van der Waals surface area contributed by atoms with Crippen LogP contribution >= 0.6 is 0 Å². The zero-order valence-electron chi connectivity index (χ0n) is 10.7. The van der Waals surface area contributed by atoms with Gasteiger partial charge in [-0.05, 0) is 45.8 Å². The maximum absolute atomic E-state index is 12.2. The molecule has 1 aliphatic heterocycles. The van der Waals surface area contributed by atoms with Crippen molar-refractivity contribution in [2.45, 2.75) is 57.8 Å². The van der Waals surface area contributed by atoms with Gasteiger partial charge in [-0.15, -0.1) is 0 Å². The van der Waals surface area contributed by atoms with Crippen molar-refractivity contribution in [1.29, 1.82) is 0 Å². The third-order valence-corrected chi connectivity index (χ3v) is 3.33. The quantitative estimate of drug-likeness (QED) is 0.827. The third kappa shape index (κ3) is 6.27. The topological polar surface area (TPSA) is 15.3 Å². The smallest absolute Gasteiger partial charge is 0.311 e. The second-order valence-corrected chi connectivity index (χ2v) is 4.95. The standard InChI is InChI=1S/C12H23F3N2/c1-3-17-7-4-5-11(6-8-17)16-10(2)9-12(13,14)15/h10-11,16H,3-9H2,1-2H3. The lowest BCUT2D eigenvalue weighted by molar-refractivity contribution is -0.139. The summed E-state index contributed by atoms with van der Waals surface area (Å²) in [6, 6.07) is -0.239. The van der Waals surface area contributed by atoms with Gasteiger partial charge in [0.25, 0.3) is 0 Å². The second-order valence-electron chi connectivity index (χ2n) is 4.95. The fourth-order valence-corrected chi connectivity index (χ4v) is 2.45. The van der Waals surface area contributed by atoms with E-state index in [4.69, 9.17) is 0 Å². The number of likely N-dealkylation sites (tertiary alicyclic amines) is 1. The van der Waals surface area contributed by atoms with Crippen LogP contribution in [0.2, 0.25) is 0 Å². The molecule has 2 nitrogen and oxygen atoms in total. The molecule has 5 heteroatoms. The average Bonchev–Trinajstić information content (AvgIpc) is 2.40. The highest BCUT2D eigenvalue weighted by atomic mass is 19.4. The number of halogens is 3. The van der Waals surface area contributed by atoms with Crippen molar-refractivity contribution in [2.75, 3.05) is 19.6 Å². The Labute approximate surface area is 102 Å². The SMILES string of the molecule is CCN1CCCC(NC(C)CC(F)(F)F)CC1. The molecule has 0 saturated carbocycles. The molecule has 2 unspecified atom stereocenters. The maximum Gasteiger partial charge on any atom is 0.390 e. The van der Waals surface area contributed by atoms with Crippen LogP contribution < -0.4 is 5.32 Å². The normalized spacial score (nSPS) is 25.6. The Balaban J connectivity index is 2.31. The zero-order chi connectivity index (χ0) is 12.9. The first-order valence-corrected chi connectivity index (χ1v) is 6.46. The molecule has 17 heavy (non-hydrogen) atoms. The molecule has 1 N–H and O–H groups in total. The molecule has 0 amide bonds. The van der Waals surface area contributed by atoms with E-state index in [0.29, 0.717) is 0 Å². The first kappa shape index (κ1) is 14.8. The monoisotopic (exact) mass is 252 g/mol. The van der Waals surface area contributed by atoms with Gasteiger partial charge in [0.05, 0.1) is 6.42 Å². The predicted octanol–water partition coefficient (Wildman–Crippen LogP) is 2.79. The molecule has 1 heterocycles. The Hall–Kier alpha value is -0.290. The summed E-state index contributed by atoms with van der Waals surface area (Å²) in [7, 11) is 0. The Morgan fingerprint density at radius 1 is 1.29 bits per heavy atom. The van der Waals surface area contributed by atoms with E-state index in [9.17, 15) is 13.2 Å². The van der Waals surface area contributed by atoms with Gasteiger partial charge in [-0.25, -0.2) is 0 Å². The number of alkyl halides is 3. The fourth-order valence-electron chi connectivity index (χ4n) is 2.45. The van der Waals surface area contributed by atoms with Crippen LogP contribution in [0.4, 0.5) is 13.2 Å². The minimum absolute atomic E-state index is 0.240. The first-order valence-electron chi connectivity index (χ1n) is 6.46. The van der Waals surface area contributed by atoms with E-state index >= 15 is 0 Å². The van der Waals surface area contributed by atoms with Gasteiger partial charge in [0.1, 0.15) is 0 Å². The van der Waals surface area contributed by atoms with E-state index in [2.05, 4.69) is 17.1 Å². The van der Waals surface area contributed by atoms with E-state index < -0.39 is 18.6 Å². The van der Waals surface area contributed by atoms with E-state index in [1.54, 1.807) is 6.92 Å². The van der Waals surface area contributed by atoms with Crippen LogP contribution in [-0.2, 0) is 0 Å². The zero-order valence-corrected chi connectivity index (χ0v) is 10.7. The minimum atomic E-state index is -4.06. The molecule has 0 aliphatic carbocycles. The summed E-state index contributed by atoms with van der Waals surface area (Å²) in [4.78, 5) is 2.36. The molecular formula is C12H23F3N2. The molecule has 0 bridgehead atoms. The Bertz CT molecular complexity index is 218. The molecule has 0 aromatic rings. The van der Waals surface area contributed by atoms with Crippen LogP contribution in [0.3, 0.4) is 0 Å².